The van der Waals surface area contributed by atoms with Crippen LogP contribution in [0.25, 0.3) is 10.9 Å². The highest BCUT2D eigenvalue weighted by Crippen LogP contribution is 2.23. The number of nitrogens with two attached hydrogens (primary N) is 1. The maximum atomic E-state index is 5.85. The van der Waals surface area contributed by atoms with E-state index in [0.717, 1.165) is 36.2 Å². The summed E-state index contributed by atoms with van der Waals surface area (Å²) >= 11 is 0. The minimum absolute atomic E-state index is 0.555. The Hall–Kier alpha value is -1.87. The highest BCUT2D eigenvalue weighted by molar-refractivity contribution is 5.84. The van der Waals surface area contributed by atoms with Crippen LogP contribution in [0.15, 0.2) is 42.5 Å². The molecule has 2 N–H and O–H groups in total. The monoisotopic (exact) mass is 239 g/mol. The first-order valence-corrected chi connectivity index (χ1v) is 6.37. The van der Waals surface area contributed by atoms with Gasteiger partial charge in [0.2, 0.25) is 0 Å². The zero-order valence-electron chi connectivity index (χ0n) is 10.3. The zero-order chi connectivity index (χ0) is 12.4. The third-order valence-corrected chi connectivity index (χ3v) is 3.39. The van der Waals surface area contributed by atoms with Crippen molar-refractivity contribution in [2.75, 3.05) is 18.0 Å². The molecule has 1 aliphatic heterocycles. The van der Waals surface area contributed by atoms with Crippen LogP contribution in [0.2, 0.25) is 0 Å². The van der Waals surface area contributed by atoms with Crippen molar-refractivity contribution >= 4 is 16.7 Å². The third-order valence-electron chi connectivity index (χ3n) is 3.39. The predicted octanol–water partition coefficient (Wildman–Crippen LogP) is 2.46. The van der Waals surface area contributed by atoms with Crippen molar-refractivity contribution in [1.29, 1.82) is 0 Å². The molecule has 18 heavy (non-hydrogen) atoms. The predicted molar refractivity (Wildman–Crippen MR) is 75.6 cm³/mol. The van der Waals surface area contributed by atoms with E-state index < -0.39 is 0 Å². The van der Waals surface area contributed by atoms with Gasteiger partial charge in [-0.1, -0.05) is 30.4 Å². The van der Waals surface area contributed by atoms with E-state index in [4.69, 9.17) is 10.7 Å². The number of hydrogen-bond donors (Lipinski definition) is 1. The van der Waals surface area contributed by atoms with Gasteiger partial charge in [0.25, 0.3) is 0 Å². The van der Waals surface area contributed by atoms with Gasteiger partial charge in [0, 0.05) is 25.0 Å². The quantitative estimate of drug-likeness (QED) is 0.819. The highest BCUT2D eigenvalue weighted by atomic mass is 15.2. The molecule has 2 aromatic rings. The number of benzene rings is 1. The molecule has 3 rings (SSSR count). The van der Waals surface area contributed by atoms with Gasteiger partial charge in [0.1, 0.15) is 5.82 Å². The minimum atomic E-state index is 0.555. The Balaban J connectivity index is 2.10. The zero-order valence-corrected chi connectivity index (χ0v) is 10.3. The molecule has 0 bridgehead atoms. The summed E-state index contributed by atoms with van der Waals surface area (Å²) < 4.78 is 0. The number of pyridine rings is 1. The average Bonchev–Trinajstić information content (AvgIpc) is 2.47. The fraction of sp³-hybridized carbons (Fsp3) is 0.267. The lowest BCUT2D eigenvalue weighted by Crippen LogP contribution is -2.27. The summed E-state index contributed by atoms with van der Waals surface area (Å²) in [6.07, 6.45) is 5.51. The Morgan fingerprint density at radius 1 is 1.22 bits per heavy atom. The highest BCUT2D eigenvalue weighted by Gasteiger charge is 2.11. The van der Waals surface area contributed by atoms with Crippen LogP contribution in [-0.2, 0) is 6.54 Å². The lowest BCUT2D eigenvalue weighted by Gasteiger charge is -2.25. The van der Waals surface area contributed by atoms with E-state index in [1.54, 1.807) is 0 Å². The largest absolute Gasteiger partial charge is 0.353 e. The molecule has 92 valence electrons. The molecule has 0 amide bonds. The Kier molecular flexibility index (Phi) is 2.99. The molecule has 1 aromatic carbocycles. The molecule has 3 heteroatoms. The smallest absolute Gasteiger partial charge is 0.129 e. The van der Waals surface area contributed by atoms with E-state index in [0.29, 0.717) is 6.54 Å². The van der Waals surface area contributed by atoms with Crippen LogP contribution in [0, 0.1) is 0 Å². The Morgan fingerprint density at radius 2 is 2.11 bits per heavy atom. The van der Waals surface area contributed by atoms with E-state index in [1.165, 1.54) is 5.56 Å². The Morgan fingerprint density at radius 3 is 2.89 bits per heavy atom. The number of fused-ring (bicyclic) bond motifs is 1. The molecule has 3 nitrogen and oxygen atoms in total. The van der Waals surface area contributed by atoms with Gasteiger partial charge < -0.3 is 10.6 Å². The molecule has 0 aliphatic carbocycles. The lowest BCUT2D eigenvalue weighted by molar-refractivity contribution is 0.807. The molecule has 0 unspecified atom stereocenters. The number of hydrogen-bond acceptors (Lipinski definition) is 3. The minimum Gasteiger partial charge on any atom is -0.353 e. The molecule has 2 heterocycles. The summed E-state index contributed by atoms with van der Waals surface area (Å²) in [4.78, 5) is 7.04. The lowest BCUT2D eigenvalue weighted by atomic mass is 10.1. The second kappa shape index (κ2) is 4.78. The van der Waals surface area contributed by atoms with Crippen LogP contribution in [0.3, 0.4) is 0 Å². The van der Waals surface area contributed by atoms with Crippen LogP contribution < -0.4 is 10.6 Å². The number of anilines is 1. The average molecular weight is 239 g/mol. The maximum absolute atomic E-state index is 5.85. The van der Waals surface area contributed by atoms with Crippen molar-refractivity contribution in [3.05, 3.63) is 48.0 Å². The molecular formula is C15H17N3. The van der Waals surface area contributed by atoms with Crippen LogP contribution in [0.1, 0.15) is 12.0 Å². The van der Waals surface area contributed by atoms with Gasteiger partial charge in [-0.3, -0.25) is 0 Å². The fourth-order valence-corrected chi connectivity index (χ4v) is 2.41. The first kappa shape index (κ1) is 11.2. The van der Waals surface area contributed by atoms with E-state index in [-0.39, 0.29) is 0 Å². The SMILES string of the molecule is NCc1cc(N2CC=CCC2)nc2ccccc12. The molecule has 0 saturated heterocycles. The van der Waals surface area contributed by atoms with Crippen LogP contribution in [0.5, 0.6) is 0 Å². The van der Waals surface area contributed by atoms with E-state index in [2.05, 4.69) is 35.3 Å². The van der Waals surface area contributed by atoms with Gasteiger partial charge >= 0.3 is 0 Å². The van der Waals surface area contributed by atoms with Crippen molar-refractivity contribution < 1.29 is 0 Å². The van der Waals surface area contributed by atoms with Crippen molar-refractivity contribution in [1.82, 2.24) is 4.98 Å². The summed E-state index contributed by atoms with van der Waals surface area (Å²) in [6, 6.07) is 10.3. The molecule has 1 aliphatic rings. The first-order chi connectivity index (χ1) is 8.88. The maximum Gasteiger partial charge on any atom is 0.129 e. The van der Waals surface area contributed by atoms with Crippen molar-refractivity contribution in [2.45, 2.75) is 13.0 Å². The number of nitrogens with zero attached hydrogens (tertiary/aromatic N) is 2. The van der Waals surface area contributed by atoms with Crippen molar-refractivity contribution in [2.24, 2.45) is 5.73 Å². The summed E-state index contributed by atoms with van der Waals surface area (Å²) in [6.45, 7) is 2.53. The van der Waals surface area contributed by atoms with E-state index in [9.17, 15) is 0 Å². The summed E-state index contributed by atoms with van der Waals surface area (Å²) in [5.41, 5.74) is 8.06. The van der Waals surface area contributed by atoms with Gasteiger partial charge in [-0.25, -0.2) is 4.98 Å². The molecular weight excluding hydrogens is 222 g/mol. The van der Waals surface area contributed by atoms with Crippen molar-refractivity contribution in [3.63, 3.8) is 0 Å². The van der Waals surface area contributed by atoms with Crippen molar-refractivity contribution in [3.8, 4) is 0 Å². The standard InChI is InChI=1S/C15H17N3/c16-11-12-10-15(18-8-4-1-5-9-18)17-14-7-3-2-6-13(12)14/h1-4,6-7,10H,5,8-9,11,16H2. The molecule has 0 radical (unpaired) electrons. The topological polar surface area (TPSA) is 42.1 Å². The Bertz CT molecular complexity index is 589. The number of para-hydroxylation sites is 1. The summed E-state index contributed by atoms with van der Waals surface area (Å²) in [5.74, 6) is 1.04. The second-order valence-corrected chi connectivity index (χ2v) is 4.57. The van der Waals surface area contributed by atoms with Crippen LogP contribution in [-0.4, -0.2) is 18.1 Å². The Labute approximate surface area is 107 Å². The molecule has 0 fully saturated rings. The third kappa shape index (κ3) is 1.97. The molecule has 0 saturated carbocycles. The molecule has 0 spiro atoms. The second-order valence-electron chi connectivity index (χ2n) is 4.57. The molecule has 1 aromatic heterocycles. The van der Waals surface area contributed by atoms with Gasteiger partial charge in [-0.05, 0) is 24.1 Å². The van der Waals surface area contributed by atoms with Gasteiger partial charge in [-0.15, -0.1) is 0 Å². The van der Waals surface area contributed by atoms with Gasteiger partial charge in [0.15, 0.2) is 0 Å². The fourth-order valence-electron chi connectivity index (χ4n) is 2.41. The first-order valence-electron chi connectivity index (χ1n) is 6.37. The molecule has 0 atom stereocenters. The normalized spacial score (nSPS) is 15.3. The van der Waals surface area contributed by atoms with E-state index >= 15 is 0 Å². The van der Waals surface area contributed by atoms with Gasteiger partial charge in [0.05, 0.1) is 5.52 Å². The van der Waals surface area contributed by atoms with Crippen LogP contribution >= 0.6 is 0 Å². The summed E-state index contributed by atoms with van der Waals surface area (Å²) in [5, 5.41) is 1.16. The van der Waals surface area contributed by atoms with Gasteiger partial charge in [-0.2, -0.15) is 0 Å². The summed E-state index contributed by atoms with van der Waals surface area (Å²) in [7, 11) is 0. The number of aromatic nitrogens is 1. The van der Waals surface area contributed by atoms with Crippen LogP contribution in [0.4, 0.5) is 5.82 Å². The number of rotatable bonds is 2. The van der Waals surface area contributed by atoms with E-state index in [1.807, 2.05) is 12.1 Å².